The molecular weight excluding hydrogens is 1570 g/mol. The Balaban J connectivity index is -0.000000278. The van der Waals surface area contributed by atoms with E-state index < -0.39 is 41.9 Å². The van der Waals surface area contributed by atoms with Crippen molar-refractivity contribution in [3.05, 3.63) is 143 Å². The predicted octanol–water partition coefficient (Wildman–Crippen LogP) is -10.0. The van der Waals surface area contributed by atoms with Gasteiger partial charge in [0.2, 0.25) is 0 Å². The largest absolute Gasteiger partial charge is 1.00 e. The molecule has 0 aliphatic rings. The van der Waals surface area contributed by atoms with E-state index >= 15 is 0 Å². The van der Waals surface area contributed by atoms with Crippen molar-refractivity contribution in [2.75, 3.05) is 34.5 Å². The predicted molar refractivity (Wildman–Crippen MR) is 358 cm³/mol. The number of aromatic hydroxyl groups is 12. The molecule has 0 aliphatic heterocycles. The Kier molecular flexibility index (Phi) is 75.6. The quantitative estimate of drug-likeness (QED) is 0.00324. The fraction of sp³-hybridized carbons (Fsp3) is 0.429. The number of unbranched alkanes of at least 4 members (excludes halogenated alkanes) is 10. The maximum Gasteiger partial charge on any atom is 1.00 e. The molecule has 0 spiro atoms. The molecule has 558 valence electrons. The van der Waals surface area contributed by atoms with E-state index in [0.29, 0.717) is 79.6 Å². The summed E-state index contributed by atoms with van der Waals surface area (Å²) in [6, 6.07) is 25.7. The van der Waals surface area contributed by atoms with Gasteiger partial charge in [0.15, 0.2) is 0 Å². The van der Waals surface area contributed by atoms with E-state index in [-0.39, 0.29) is 270 Å². The van der Waals surface area contributed by atoms with E-state index in [1.807, 2.05) is 0 Å². The first-order valence-corrected chi connectivity index (χ1v) is 37.9. The average Bonchev–Trinajstić information content (AvgIpc) is 0.920. The summed E-state index contributed by atoms with van der Waals surface area (Å²) in [6.07, 6.45) is 15.0. The van der Waals surface area contributed by atoms with E-state index in [2.05, 4.69) is 28.1 Å². The Bertz CT molecular complexity index is 3560. The third kappa shape index (κ3) is 64.4. The maximum absolute atomic E-state index is 10.4. The van der Waals surface area contributed by atoms with Crippen LogP contribution in [0.2, 0.25) is 0 Å². The molecule has 0 aliphatic carbocycles. The van der Waals surface area contributed by atoms with E-state index in [9.17, 15) is 106 Å². The summed E-state index contributed by atoms with van der Waals surface area (Å²) in [6.45, 7) is 0. The van der Waals surface area contributed by atoms with Gasteiger partial charge in [0.05, 0.1) is 30.4 Å². The van der Waals surface area contributed by atoms with Crippen LogP contribution in [0, 0.1) is 0 Å². The van der Waals surface area contributed by atoms with Crippen molar-refractivity contribution in [1.29, 1.82) is 0 Å². The SMILES string of the molecule is O=S(=O)([O-])CCCCCCc1cc(O)ccc1O.O=S(=O)([O-])CCCCc1cc(O)ccc1O.O=S(=O)([O-])CCc1cc(O)ccc1O.[Na+].[Na+].[Na+].[Na+].[Na+].[Na+].[O-]OOSCCCCCCCc1cc(O)ccc1O.[O-]OOSCCCCCc1cc(O)ccc1O.[O-]OOSCCCc1cc(O)ccc1O. The van der Waals surface area contributed by atoms with E-state index in [0.717, 1.165) is 124 Å². The molecule has 0 bridgehead atoms. The van der Waals surface area contributed by atoms with Crippen LogP contribution >= 0.6 is 36.1 Å². The Morgan fingerprint density at radius 3 is 0.705 bits per heavy atom. The molecule has 6 aromatic carbocycles. The molecule has 42 heteroatoms. The van der Waals surface area contributed by atoms with Gasteiger partial charge in [0, 0.05) is 70.6 Å². The first kappa shape index (κ1) is 115. The van der Waals surface area contributed by atoms with Crippen LogP contribution in [0.5, 0.6) is 69.0 Å². The Hall–Kier alpha value is -0.660. The first-order chi connectivity index (χ1) is 46.9. The summed E-state index contributed by atoms with van der Waals surface area (Å²) >= 11 is 2.91. The van der Waals surface area contributed by atoms with Gasteiger partial charge in [-0.1, -0.05) is 38.5 Å². The molecule has 0 unspecified atom stereocenters. The van der Waals surface area contributed by atoms with Gasteiger partial charge in [-0.2, -0.15) is 13.0 Å². The second kappa shape index (κ2) is 68.9. The van der Waals surface area contributed by atoms with Crippen molar-refractivity contribution >= 4 is 66.5 Å². The molecule has 6 rings (SSSR count). The second-order valence-electron chi connectivity index (χ2n) is 21.3. The van der Waals surface area contributed by atoms with Crippen molar-refractivity contribution in [2.24, 2.45) is 0 Å². The van der Waals surface area contributed by atoms with Gasteiger partial charge in [-0.25, -0.2) is 25.3 Å². The molecule has 6 aromatic rings. The molecule has 0 saturated carbocycles. The summed E-state index contributed by atoms with van der Waals surface area (Å²) in [5.41, 5.74) is 3.66. The molecule has 0 atom stereocenters. The number of hydrogen-bond acceptors (Lipinski definition) is 33. The maximum atomic E-state index is 10.4. The van der Waals surface area contributed by atoms with Gasteiger partial charge in [0.1, 0.15) is 69.0 Å². The standard InChI is InChI=1S/C13H20O5S.C12H18O5S.C11H16O5S.C10H14O5S.C9H12O5S.C8H10O5S.6Na/c14-12-7-8-13(15)11(10-12)6-4-2-1-3-5-9-19-18-17-16;13-11-6-7-12(14)10(9-11)5-3-1-2-4-8-18(15,16)17;12-10-5-6-11(13)9(8-10)4-2-1-3-7-17-16-15-14;11-9-4-5-10(12)8(7-9)3-1-2-6-16(13,14)15;10-8-3-4-9(11)7(6-8)2-1-5-15-14-13-12;9-7-1-2-8(10)6(5-7)3-4-14(11,12)13;;;;;;/h7-8,10,14-16H,1-6,9H2;6-7,9,13-14H,1-5,8H2,(H,15,16,17);5-6,8,12-14H,1-4,7H2;4-5,7,11-12H,1-3,6H2,(H,13,14,15);3-4,6,10-12H,1-2,5H2;1-2,5,9-10H,3-4H2,(H,11,12,13);;;;;;/q;;;;;;6*+1/p-6. The van der Waals surface area contributed by atoms with Gasteiger partial charge in [0.25, 0.3) is 0 Å². The molecule has 105 heavy (non-hydrogen) atoms. The monoisotopic (exact) mass is 1650 g/mol. The second-order valence-corrected chi connectivity index (χ2v) is 28.3. The molecule has 12 N–H and O–H groups in total. The van der Waals surface area contributed by atoms with Crippen molar-refractivity contribution in [1.82, 2.24) is 0 Å². The summed E-state index contributed by atoms with van der Waals surface area (Å²) in [4.78, 5) is 0. The molecule has 30 nitrogen and oxygen atoms in total. The topological polar surface area (TPSA) is 539 Å². The van der Waals surface area contributed by atoms with Crippen LogP contribution in [0.3, 0.4) is 0 Å². The average molecular weight is 1650 g/mol. The zero-order valence-corrected chi connectivity index (χ0v) is 76.5. The minimum Gasteiger partial charge on any atom is -0.748 e. The van der Waals surface area contributed by atoms with Crippen LogP contribution in [-0.4, -0.2) is 135 Å². The fourth-order valence-electron chi connectivity index (χ4n) is 8.55. The third-order valence-corrected chi connectivity index (χ3v) is 17.5. The summed E-state index contributed by atoms with van der Waals surface area (Å²) in [7, 11) is -12.6. The zero-order chi connectivity index (χ0) is 74.1. The number of phenolic OH excluding ortho intramolecular Hbond substituents is 12. The minimum absolute atomic E-state index is 0. The smallest absolute Gasteiger partial charge is 0.748 e. The normalized spacial score (nSPS) is 10.5. The number of aryl methyl sites for hydroxylation is 6. The van der Waals surface area contributed by atoms with Crippen molar-refractivity contribution < 1.29 is 321 Å². The summed E-state index contributed by atoms with van der Waals surface area (Å²) in [5.74, 6) is 1.91. The van der Waals surface area contributed by atoms with Crippen LogP contribution in [0.25, 0.3) is 0 Å². The third-order valence-electron chi connectivity index (χ3n) is 13.4. The molecule has 0 amide bonds. The fourth-order valence-corrected chi connectivity index (χ4v) is 11.4. The van der Waals surface area contributed by atoms with E-state index in [1.165, 1.54) is 97.1 Å². The first-order valence-electron chi connectivity index (χ1n) is 30.5. The van der Waals surface area contributed by atoms with Crippen LogP contribution in [0.4, 0.5) is 0 Å². The number of rotatable bonds is 39. The zero-order valence-electron chi connectivity index (χ0n) is 59.6. The van der Waals surface area contributed by atoms with Crippen LogP contribution in [-0.2, 0) is 97.0 Å². The van der Waals surface area contributed by atoms with Gasteiger partial charge < -0.3 is 90.7 Å². The van der Waals surface area contributed by atoms with E-state index in [4.69, 9.17) is 10.2 Å². The Morgan fingerprint density at radius 2 is 0.448 bits per heavy atom. The van der Waals surface area contributed by atoms with Gasteiger partial charge in [-0.15, -0.1) is 0 Å². The van der Waals surface area contributed by atoms with Crippen LogP contribution < -0.4 is 193 Å². The minimum atomic E-state index is -4.29. The molecule has 0 radical (unpaired) electrons. The number of hydrogen-bond donors (Lipinski definition) is 12. The molecule has 0 heterocycles. The summed E-state index contributed by atoms with van der Waals surface area (Å²) < 4.78 is 105. The van der Waals surface area contributed by atoms with Crippen molar-refractivity contribution in [3.63, 3.8) is 0 Å². The van der Waals surface area contributed by atoms with Crippen molar-refractivity contribution in [3.8, 4) is 69.0 Å². The molecule has 0 fully saturated rings. The van der Waals surface area contributed by atoms with Crippen LogP contribution in [0.15, 0.2) is 109 Å². The van der Waals surface area contributed by atoms with E-state index in [1.54, 1.807) is 12.1 Å². The number of benzene rings is 6. The number of phenols is 12. The van der Waals surface area contributed by atoms with Crippen LogP contribution in [0.1, 0.15) is 130 Å². The Morgan fingerprint density at radius 1 is 0.257 bits per heavy atom. The molecular formula is C63H84Na6O30S6. The van der Waals surface area contributed by atoms with Gasteiger partial charge >= 0.3 is 177 Å². The summed E-state index contributed by atoms with van der Waals surface area (Å²) in [5, 5.41) is 150. The molecule has 0 aromatic heterocycles. The van der Waals surface area contributed by atoms with Gasteiger partial charge in [-0.05, 0) is 239 Å². The van der Waals surface area contributed by atoms with Crippen molar-refractivity contribution in [2.45, 2.75) is 135 Å². The van der Waals surface area contributed by atoms with Gasteiger partial charge in [-0.3, -0.25) is 15.1 Å². The molecule has 0 saturated heterocycles. The Labute approximate surface area is 758 Å².